The highest BCUT2D eigenvalue weighted by atomic mass is 19.4. The van der Waals surface area contributed by atoms with Crippen molar-refractivity contribution < 1.29 is 13.2 Å². The van der Waals surface area contributed by atoms with Gasteiger partial charge in [0, 0.05) is 42.7 Å². The molecule has 0 amide bonds. The normalized spacial score (nSPS) is 24.0. The van der Waals surface area contributed by atoms with E-state index in [1.807, 2.05) is 6.92 Å². The van der Waals surface area contributed by atoms with Crippen LogP contribution < -0.4 is 5.32 Å². The molecule has 1 N–H and O–H groups in total. The van der Waals surface area contributed by atoms with Crippen molar-refractivity contribution in [1.82, 2.24) is 10.2 Å². The Labute approximate surface area is 133 Å². The monoisotopic (exact) mass is 327 g/mol. The molecule has 1 aliphatic heterocycles. The Morgan fingerprint density at radius 3 is 2.61 bits per heavy atom. The largest absolute Gasteiger partial charge is 0.416 e. The summed E-state index contributed by atoms with van der Waals surface area (Å²) in [5, 5.41) is 6.98. The van der Waals surface area contributed by atoms with Gasteiger partial charge < -0.3 is 5.32 Å². The Bertz CT molecular complexity index is 565. The molecular formula is C15H20F3N5. The number of rotatable bonds is 4. The first-order valence-corrected chi connectivity index (χ1v) is 7.50. The van der Waals surface area contributed by atoms with Gasteiger partial charge in [0.1, 0.15) is 0 Å². The fourth-order valence-electron chi connectivity index (χ4n) is 2.90. The van der Waals surface area contributed by atoms with E-state index in [9.17, 15) is 13.2 Å². The van der Waals surface area contributed by atoms with Crippen molar-refractivity contribution >= 4 is 0 Å². The maximum atomic E-state index is 12.7. The molecule has 1 aromatic carbocycles. The van der Waals surface area contributed by atoms with Crippen molar-refractivity contribution in [3.05, 3.63) is 45.8 Å². The van der Waals surface area contributed by atoms with E-state index >= 15 is 0 Å². The van der Waals surface area contributed by atoms with E-state index in [1.165, 1.54) is 12.1 Å². The minimum absolute atomic E-state index is 0.0272. The Morgan fingerprint density at radius 2 is 2.04 bits per heavy atom. The third-order valence-electron chi connectivity index (χ3n) is 4.23. The maximum absolute atomic E-state index is 12.7. The number of azide groups is 1. The number of alkyl halides is 3. The van der Waals surface area contributed by atoms with Crippen molar-refractivity contribution in [1.29, 1.82) is 0 Å². The van der Waals surface area contributed by atoms with Gasteiger partial charge in [-0.1, -0.05) is 17.2 Å². The highest BCUT2D eigenvalue weighted by molar-refractivity contribution is 5.26. The van der Waals surface area contributed by atoms with Gasteiger partial charge in [-0.05, 0) is 37.1 Å². The van der Waals surface area contributed by atoms with Crippen LogP contribution in [0.1, 0.15) is 31.0 Å². The molecule has 23 heavy (non-hydrogen) atoms. The zero-order valence-electron chi connectivity index (χ0n) is 13.1. The Morgan fingerprint density at radius 1 is 1.39 bits per heavy atom. The minimum atomic E-state index is -4.32. The predicted molar refractivity (Wildman–Crippen MR) is 81.8 cm³/mol. The van der Waals surface area contributed by atoms with Crippen LogP contribution in [-0.4, -0.2) is 36.6 Å². The molecule has 1 saturated heterocycles. The van der Waals surface area contributed by atoms with Crippen molar-refractivity contribution in [2.24, 2.45) is 5.11 Å². The van der Waals surface area contributed by atoms with E-state index in [-0.39, 0.29) is 18.1 Å². The van der Waals surface area contributed by atoms with Crippen molar-refractivity contribution in [3.63, 3.8) is 0 Å². The summed E-state index contributed by atoms with van der Waals surface area (Å²) in [6.45, 7) is 5.78. The molecule has 1 heterocycles. The van der Waals surface area contributed by atoms with E-state index in [1.54, 1.807) is 0 Å². The molecule has 2 rings (SSSR count). The fraction of sp³-hybridized carbons (Fsp3) is 0.600. The fourth-order valence-corrected chi connectivity index (χ4v) is 2.90. The molecule has 126 valence electrons. The van der Waals surface area contributed by atoms with Gasteiger partial charge in [0.25, 0.3) is 0 Å². The van der Waals surface area contributed by atoms with Crippen molar-refractivity contribution in [2.75, 3.05) is 19.6 Å². The molecule has 0 saturated carbocycles. The number of hydrogen-bond acceptors (Lipinski definition) is 3. The van der Waals surface area contributed by atoms with Gasteiger partial charge >= 0.3 is 6.18 Å². The SMILES string of the molecule is CC1CN(C(C)c2ccc(C(F)(F)F)cc2)C(CN=[N+]=[N-])CN1. The number of piperazine rings is 1. The number of hydrogen-bond donors (Lipinski definition) is 1. The highest BCUT2D eigenvalue weighted by Gasteiger charge is 2.32. The van der Waals surface area contributed by atoms with Crippen molar-refractivity contribution in [3.8, 4) is 0 Å². The van der Waals surface area contributed by atoms with E-state index < -0.39 is 11.7 Å². The van der Waals surface area contributed by atoms with Crippen molar-refractivity contribution in [2.45, 2.75) is 38.1 Å². The predicted octanol–water partition coefficient (Wildman–Crippen LogP) is 3.74. The second-order valence-corrected chi connectivity index (χ2v) is 5.87. The van der Waals surface area contributed by atoms with Crippen LogP contribution in [0.2, 0.25) is 0 Å². The Kier molecular flexibility index (Phi) is 5.51. The molecule has 1 fully saturated rings. The summed E-state index contributed by atoms with van der Waals surface area (Å²) < 4.78 is 38.0. The van der Waals surface area contributed by atoms with Gasteiger partial charge in [-0.15, -0.1) is 0 Å². The molecule has 8 heteroatoms. The van der Waals surface area contributed by atoms with Gasteiger partial charge in [-0.2, -0.15) is 13.2 Å². The zero-order valence-corrected chi connectivity index (χ0v) is 13.1. The molecule has 3 unspecified atom stereocenters. The van der Waals surface area contributed by atoms with Gasteiger partial charge in [-0.25, -0.2) is 0 Å². The van der Waals surface area contributed by atoms with E-state index in [4.69, 9.17) is 5.53 Å². The minimum Gasteiger partial charge on any atom is -0.311 e. The third kappa shape index (κ3) is 4.37. The van der Waals surface area contributed by atoms with Crippen LogP contribution in [0.25, 0.3) is 10.4 Å². The van der Waals surface area contributed by atoms with Gasteiger partial charge in [0.15, 0.2) is 0 Å². The number of benzene rings is 1. The molecule has 1 aromatic rings. The van der Waals surface area contributed by atoms with Crippen LogP contribution in [0.4, 0.5) is 13.2 Å². The second-order valence-electron chi connectivity index (χ2n) is 5.87. The van der Waals surface area contributed by atoms with Gasteiger partial charge in [-0.3, -0.25) is 4.90 Å². The number of halogens is 3. The van der Waals surface area contributed by atoms with Crippen LogP contribution in [0.3, 0.4) is 0 Å². The Balaban J connectivity index is 2.18. The molecule has 0 aliphatic carbocycles. The molecule has 1 aliphatic rings. The summed E-state index contributed by atoms with van der Waals surface area (Å²) in [5.41, 5.74) is 8.68. The lowest BCUT2D eigenvalue weighted by atomic mass is 10.00. The first-order valence-electron chi connectivity index (χ1n) is 7.50. The number of nitrogens with zero attached hydrogens (tertiary/aromatic N) is 4. The summed E-state index contributed by atoms with van der Waals surface area (Å²) >= 11 is 0. The summed E-state index contributed by atoms with van der Waals surface area (Å²) in [6, 6.07) is 5.50. The van der Waals surface area contributed by atoms with Crippen LogP contribution in [-0.2, 0) is 6.18 Å². The highest BCUT2D eigenvalue weighted by Crippen LogP contribution is 2.31. The molecule has 0 radical (unpaired) electrons. The molecular weight excluding hydrogens is 307 g/mol. The van der Waals surface area contributed by atoms with E-state index in [2.05, 4.69) is 27.2 Å². The molecule has 0 aromatic heterocycles. The molecule has 0 bridgehead atoms. The third-order valence-corrected chi connectivity index (χ3v) is 4.23. The second kappa shape index (κ2) is 7.21. The lowest BCUT2D eigenvalue weighted by Crippen LogP contribution is -2.57. The number of nitrogens with one attached hydrogen (secondary N) is 1. The summed E-state index contributed by atoms with van der Waals surface area (Å²) in [4.78, 5) is 4.98. The standard InChI is InChI=1S/C15H20F3N5/c1-10-9-23(14(7-20-10)8-21-22-19)11(2)12-3-5-13(6-4-12)15(16,17)18/h3-6,10-11,14,20H,7-9H2,1-2H3. The van der Waals surface area contributed by atoms with Crippen LogP contribution >= 0.6 is 0 Å². The first kappa shape index (κ1) is 17.6. The molecule has 3 atom stereocenters. The first-order chi connectivity index (χ1) is 10.8. The Hall–Kier alpha value is -1.76. The maximum Gasteiger partial charge on any atom is 0.416 e. The van der Waals surface area contributed by atoms with Gasteiger partial charge in [0.05, 0.1) is 5.56 Å². The summed E-state index contributed by atoms with van der Waals surface area (Å²) in [7, 11) is 0. The van der Waals surface area contributed by atoms with Crippen LogP contribution in [0, 0.1) is 0 Å². The van der Waals surface area contributed by atoms with Crippen LogP contribution in [0.5, 0.6) is 0 Å². The lowest BCUT2D eigenvalue weighted by molar-refractivity contribution is -0.137. The van der Waals surface area contributed by atoms with E-state index in [0.29, 0.717) is 13.1 Å². The zero-order chi connectivity index (χ0) is 17.0. The summed E-state index contributed by atoms with van der Waals surface area (Å²) in [5.74, 6) is 0. The molecule has 0 spiro atoms. The average Bonchev–Trinajstić information content (AvgIpc) is 2.52. The van der Waals surface area contributed by atoms with Gasteiger partial charge in [0.2, 0.25) is 0 Å². The topological polar surface area (TPSA) is 64.0 Å². The smallest absolute Gasteiger partial charge is 0.311 e. The van der Waals surface area contributed by atoms with E-state index in [0.717, 1.165) is 24.2 Å². The molecule has 5 nitrogen and oxygen atoms in total. The average molecular weight is 327 g/mol. The summed E-state index contributed by atoms with van der Waals surface area (Å²) in [6.07, 6.45) is -4.32. The lowest BCUT2D eigenvalue weighted by Gasteiger charge is -2.42. The van der Waals surface area contributed by atoms with Crippen LogP contribution in [0.15, 0.2) is 29.4 Å². The quantitative estimate of drug-likeness (QED) is 0.520.